The lowest BCUT2D eigenvalue weighted by atomic mass is 10.2. The number of nitrogen functional groups attached to an aromatic ring is 1. The number of nitrogens with two attached hydrogens (primary N) is 1. The second kappa shape index (κ2) is 5.02. The van der Waals surface area contributed by atoms with Crippen LogP contribution >= 0.6 is 15.9 Å². The quantitative estimate of drug-likeness (QED) is 0.626. The first kappa shape index (κ1) is 12.7. The zero-order valence-corrected chi connectivity index (χ0v) is 12.1. The molecule has 20 heavy (non-hydrogen) atoms. The van der Waals surface area contributed by atoms with Crippen LogP contribution in [0.1, 0.15) is 10.5 Å². The molecule has 0 unspecified atom stereocenters. The Kier molecular flexibility index (Phi) is 3.20. The van der Waals surface area contributed by atoms with Gasteiger partial charge in [0.15, 0.2) is 0 Å². The normalized spacial score (nSPS) is 10.7. The molecular formula is C15H12BrN3O. The molecule has 3 rings (SSSR count). The number of para-hydroxylation sites is 2. The van der Waals surface area contributed by atoms with Gasteiger partial charge in [0, 0.05) is 9.86 Å². The van der Waals surface area contributed by atoms with E-state index >= 15 is 0 Å². The highest BCUT2D eigenvalue weighted by atomic mass is 79.9. The molecule has 100 valence electrons. The third-order valence-electron chi connectivity index (χ3n) is 3.06. The lowest BCUT2D eigenvalue weighted by Gasteiger charge is -2.05. The molecule has 0 bridgehead atoms. The van der Waals surface area contributed by atoms with Crippen LogP contribution in [0.4, 0.5) is 11.4 Å². The van der Waals surface area contributed by atoms with Crippen LogP contribution in [0, 0.1) is 0 Å². The minimum atomic E-state index is -0.201. The Bertz CT molecular complexity index is 795. The van der Waals surface area contributed by atoms with Crippen molar-refractivity contribution in [3.8, 4) is 0 Å². The van der Waals surface area contributed by atoms with Crippen LogP contribution in [0.15, 0.2) is 53.0 Å². The van der Waals surface area contributed by atoms with Crippen LogP contribution in [0.3, 0.4) is 0 Å². The molecule has 5 heteroatoms. The van der Waals surface area contributed by atoms with E-state index in [-0.39, 0.29) is 5.91 Å². The summed E-state index contributed by atoms with van der Waals surface area (Å²) in [6.45, 7) is 0. The van der Waals surface area contributed by atoms with Gasteiger partial charge in [-0.15, -0.1) is 0 Å². The van der Waals surface area contributed by atoms with Crippen molar-refractivity contribution in [2.45, 2.75) is 0 Å². The van der Waals surface area contributed by atoms with E-state index in [1.54, 1.807) is 12.1 Å². The van der Waals surface area contributed by atoms with E-state index in [0.29, 0.717) is 11.4 Å². The molecule has 3 aromatic rings. The molecule has 0 fully saturated rings. The van der Waals surface area contributed by atoms with Crippen molar-refractivity contribution in [2.75, 3.05) is 11.1 Å². The lowest BCUT2D eigenvalue weighted by Crippen LogP contribution is -2.12. The van der Waals surface area contributed by atoms with Gasteiger partial charge in [-0.1, -0.05) is 24.3 Å². The molecule has 2 aromatic carbocycles. The number of aromatic nitrogens is 1. The summed E-state index contributed by atoms with van der Waals surface area (Å²) in [5.74, 6) is -0.201. The van der Waals surface area contributed by atoms with Gasteiger partial charge in [-0.25, -0.2) is 0 Å². The molecule has 0 aliphatic rings. The zero-order chi connectivity index (χ0) is 14.1. The maximum Gasteiger partial charge on any atom is 0.272 e. The number of hydrogen-bond donors (Lipinski definition) is 3. The summed E-state index contributed by atoms with van der Waals surface area (Å²) >= 11 is 3.40. The van der Waals surface area contributed by atoms with Crippen molar-refractivity contribution in [2.24, 2.45) is 0 Å². The maximum atomic E-state index is 12.2. The Balaban J connectivity index is 1.93. The predicted octanol–water partition coefficient (Wildman–Crippen LogP) is 3.76. The molecule has 4 nitrogen and oxygen atoms in total. The molecule has 0 aliphatic heterocycles. The summed E-state index contributed by atoms with van der Waals surface area (Å²) in [5.41, 5.74) is 8.49. The number of nitrogens with one attached hydrogen (secondary N) is 2. The number of carbonyl (C=O) groups excluding carboxylic acids is 1. The standard InChI is InChI=1S/C15H12BrN3O/c16-10-5-1-2-7-12(10)19-15(20)13-8-9-4-3-6-11(17)14(9)18-13/h1-8,18H,17H2,(H,19,20). The van der Waals surface area contributed by atoms with Gasteiger partial charge in [-0.05, 0) is 40.2 Å². The van der Waals surface area contributed by atoms with Gasteiger partial charge in [0.1, 0.15) is 5.69 Å². The van der Waals surface area contributed by atoms with E-state index < -0.39 is 0 Å². The minimum Gasteiger partial charge on any atom is -0.397 e. The third kappa shape index (κ3) is 2.28. The first-order valence-corrected chi connectivity index (χ1v) is 6.87. The second-order valence-corrected chi connectivity index (χ2v) is 5.28. The summed E-state index contributed by atoms with van der Waals surface area (Å²) in [5, 5.41) is 3.77. The smallest absolute Gasteiger partial charge is 0.272 e. The topological polar surface area (TPSA) is 70.9 Å². The molecule has 0 radical (unpaired) electrons. The number of amides is 1. The van der Waals surface area contributed by atoms with E-state index in [1.165, 1.54) is 0 Å². The monoisotopic (exact) mass is 329 g/mol. The fourth-order valence-electron chi connectivity index (χ4n) is 2.05. The minimum absolute atomic E-state index is 0.201. The fourth-order valence-corrected chi connectivity index (χ4v) is 2.44. The predicted molar refractivity (Wildman–Crippen MR) is 84.8 cm³/mol. The Morgan fingerprint density at radius 1 is 1.15 bits per heavy atom. The van der Waals surface area contributed by atoms with Crippen LogP contribution in [-0.2, 0) is 0 Å². The average molecular weight is 330 g/mol. The zero-order valence-electron chi connectivity index (χ0n) is 10.5. The van der Waals surface area contributed by atoms with Crippen molar-refractivity contribution in [1.29, 1.82) is 0 Å². The summed E-state index contributed by atoms with van der Waals surface area (Å²) < 4.78 is 0.837. The SMILES string of the molecule is Nc1cccc2cc(C(=O)Nc3ccccc3Br)[nH]c12. The Morgan fingerprint density at radius 2 is 1.95 bits per heavy atom. The van der Waals surface area contributed by atoms with E-state index in [2.05, 4.69) is 26.2 Å². The van der Waals surface area contributed by atoms with E-state index in [9.17, 15) is 4.79 Å². The molecule has 0 saturated heterocycles. The van der Waals surface area contributed by atoms with Crippen molar-refractivity contribution >= 4 is 44.1 Å². The van der Waals surface area contributed by atoms with Crippen molar-refractivity contribution in [1.82, 2.24) is 4.98 Å². The number of carbonyl (C=O) groups is 1. The van der Waals surface area contributed by atoms with Gasteiger partial charge in [0.25, 0.3) is 5.91 Å². The highest BCUT2D eigenvalue weighted by Crippen LogP contribution is 2.24. The lowest BCUT2D eigenvalue weighted by molar-refractivity contribution is 0.102. The number of benzene rings is 2. The van der Waals surface area contributed by atoms with E-state index in [0.717, 1.165) is 21.1 Å². The molecule has 1 aromatic heterocycles. The molecular weight excluding hydrogens is 318 g/mol. The third-order valence-corrected chi connectivity index (χ3v) is 3.75. The van der Waals surface area contributed by atoms with Gasteiger partial charge in [-0.3, -0.25) is 4.79 Å². The summed E-state index contributed by atoms with van der Waals surface area (Å²) in [7, 11) is 0. The van der Waals surface area contributed by atoms with Gasteiger partial charge >= 0.3 is 0 Å². The van der Waals surface area contributed by atoms with E-state index in [4.69, 9.17) is 5.73 Å². The molecule has 0 spiro atoms. The van der Waals surface area contributed by atoms with Crippen LogP contribution in [0.25, 0.3) is 10.9 Å². The number of hydrogen-bond acceptors (Lipinski definition) is 2. The number of anilines is 2. The average Bonchev–Trinajstić information content (AvgIpc) is 2.87. The fraction of sp³-hybridized carbons (Fsp3) is 0. The van der Waals surface area contributed by atoms with Crippen LogP contribution in [-0.4, -0.2) is 10.9 Å². The van der Waals surface area contributed by atoms with Gasteiger partial charge in [0.05, 0.1) is 16.9 Å². The van der Waals surface area contributed by atoms with Crippen molar-refractivity contribution < 1.29 is 4.79 Å². The molecule has 1 heterocycles. The molecule has 0 saturated carbocycles. The van der Waals surface area contributed by atoms with Gasteiger partial charge < -0.3 is 16.0 Å². The number of aromatic amines is 1. The summed E-state index contributed by atoms with van der Waals surface area (Å²) in [6, 6.07) is 14.8. The number of halogens is 1. The molecule has 0 atom stereocenters. The Labute approximate surface area is 124 Å². The van der Waals surface area contributed by atoms with Crippen LogP contribution in [0.2, 0.25) is 0 Å². The van der Waals surface area contributed by atoms with Crippen molar-refractivity contribution in [3.05, 3.63) is 58.7 Å². The summed E-state index contributed by atoms with van der Waals surface area (Å²) in [6.07, 6.45) is 0. The molecule has 1 amide bonds. The highest BCUT2D eigenvalue weighted by molar-refractivity contribution is 9.10. The van der Waals surface area contributed by atoms with Crippen molar-refractivity contribution in [3.63, 3.8) is 0 Å². The first-order chi connectivity index (χ1) is 9.65. The second-order valence-electron chi connectivity index (χ2n) is 4.43. The van der Waals surface area contributed by atoms with Gasteiger partial charge in [0.2, 0.25) is 0 Å². The Hall–Kier alpha value is -2.27. The highest BCUT2D eigenvalue weighted by Gasteiger charge is 2.12. The summed E-state index contributed by atoms with van der Waals surface area (Å²) in [4.78, 5) is 15.3. The molecule has 4 N–H and O–H groups in total. The number of rotatable bonds is 2. The van der Waals surface area contributed by atoms with E-state index in [1.807, 2.05) is 36.4 Å². The maximum absolute atomic E-state index is 12.2. The largest absolute Gasteiger partial charge is 0.397 e. The number of H-pyrrole nitrogens is 1. The van der Waals surface area contributed by atoms with Crippen LogP contribution in [0.5, 0.6) is 0 Å². The number of fused-ring (bicyclic) bond motifs is 1. The van der Waals surface area contributed by atoms with Gasteiger partial charge in [-0.2, -0.15) is 0 Å². The van der Waals surface area contributed by atoms with Crippen LogP contribution < -0.4 is 11.1 Å². The first-order valence-electron chi connectivity index (χ1n) is 6.08. The Morgan fingerprint density at radius 3 is 2.70 bits per heavy atom. The molecule has 0 aliphatic carbocycles.